The van der Waals surface area contributed by atoms with E-state index >= 15 is 0 Å². The summed E-state index contributed by atoms with van der Waals surface area (Å²) in [6.07, 6.45) is 10.0. The summed E-state index contributed by atoms with van der Waals surface area (Å²) in [5.41, 5.74) is 0. The smallest absolute Gasteiger partial charge is 0.158 e. The van der Waals surface area contributed by atoms with Crippen molar-refractivity contribution in [1.82, 2.24) is 0 Å². The van der Waals surface area contributed by atoms with Crippen LogP contribution in [-0.2, 0) is 14.6 Å². The second kappa shape index (κ2) is 3.05. The van der Waals surface area contributed by atoms with E-state index in [1.54, 1.807) is 0 Å². The van der Waals surface area contributed by atoms with Gasteiger partial charge in [-0.15, -0.1) is 0 Å². The number of sulfone groups is 1. The Kier molecular flexibility index (Phi) is 1.74. The number of fused-ring (bicyclic) bond motifs is 10. The first kappa shape index (κ1) is 10.8. The second-order valence-electron chi connectivity index (χ2n) is 6.87. The molecule has 4 heteroatoms. The molecule has 0 radical (unpaired) electrons. The van der Waals surface area contributed by atoms with Crippen LogP contribution in [-0.4, -0.2) is 24.7 Å². The summed E-state index contributed by atoms with van der Waals surface area (Å²) >= 11 is 0. The van der Waals surface area contributed by atoms with E-state index in [0.717, 1.165) is 12.8 Å². The Hall–Kier alpha value is -0.900. The molecule has 1 aliphatic heterocycles. The predicted octanol–water partition coefficient (Wildman–Crippen LogP) is 1.37. The van der Waals surface area contributed by atoms with Gasteiger partial charge in [0, 0.05) is 11.8 Å². The third-order valence-electron chi connectivity index (χ3n) is 6.19. The van der Waals surface area contributed by atoms with E-state index in [-0.39, 0.29) is 41.3 Å². The minimum atomic E-state index is -3.16. The Bertz CT molecular complexity index is 596. The SMILES string of the molecule is O=C1[C@@H]2[C@H]([C@H]3C=C[C@@H]2C3)S(=O)(=O)[C@H]2[C@H]1[C@H]1C=C[C@@H]2C1. The van der Waals surface area contributed by atoms with Gasteiger partial charge in [0.05, 0.1) is 10.5 Å². The zero-order valence-electron chi connectivity index (χ0n) is 10.5. The molecule has 19 heavy (non-hydrogen) atoms. The van der Waals surface area contributed by atoms with Crippen molar-refractivity contribution in [3.63, 3.8) is 0 Å². The van der Waals surface area contributed by atoms with Gasteiger partial charge < -0.3 is 0 Å². The monoisotopic (exact) mass is 276 g/mol. The van der Waals surface area contributed by atoms with Crippen molar-refractivity contribution < 1.29 is 13.2 Å². The lowest BCUT2D eigenvalue weighted by atomic mass is 9.77. The lowest BCUT2D eigenvalue weighted by molar-refractivity contribution is -0.128. The van der Waals surface area contributed by atoms with Crippen molar-refractivity contribution in [3.8, 4) is 0 Å². The van der Waals surface area contributed by atoms with Crippen molar-refractivity contribution >= 4 is 15.6 Å². The molecule has 0 aromatic rings. The molecule has 3 fully saturated rings. The molecule has 0 spiro atoms. The number of Topliss-reactive ketones (excluding diaryl/α,β-unsaturated/α-hetero) is 1. The lowest BCUT2D eigenvalue weighted by Crippen LogP contribution is -2.55. The topological polar surface area (TPSA) is 51.2 Å². The minimum absolute atomic E-state index is 0.105. The summed E-state index contributed by atoms with van der Waals surface area (Å²) in [6.45, 7) is 0. The zero-order chi connectivity index (χ0) is 12.9. The molecule has 2 saturated carbocycles. The average molecular weight is 276 g/mol. The van der Waals surface area contributed by atoms with Gasteiger partial charge in [-0.2, -0.15) is 0 Å². The van der Waals surface area contributed by atoms with Crippen LogP contribution in [0.25, 0.3) is 0 Å². The summed E-state index contributed by atoms with van der Waals surface area (Å²) in [5.74, 6) is 0.408. The van der Waals surface area contributed by atoms with E-state index in [2.05, 4.69) is 12.2 Å². The summed E-state index contributed by atoms with van der Waals surface area (Å²) in [5, 5.41) is -0.798. The van der Waals surface area contributed by atoms with Crippen molar-refractivity contribution in [2.75, 3.05) is 0 Å². The van der Waals surface area contributed by atoms with Gasteiger partial charge in [0.1, 0.15) is 5.78 Å². The van der Waals surface area contributed by atoms with Gasteiger partial charge >= 0.3 is 0 Å². The third-order valence-corrected chi connectivity index (χ3v) is 8.99. The van der Waals surface area contributed by atoms with Crippen LogP contribution in [0.1, 0.15) is 12.8 Å². The maximum absolute atomic E-state index is 13.0. The Balaban J connectivity index is 1.72. The first-order chi connectivity index (χ1) is 9.09. The number of rotatable bonds is 0. The fourth-order valence-corrected chi connectivity index (χ4v) is 8.83. The molecular weight excluding hydrogens is 260 g/mol. The Morgan fingerprint density at radius 1 is 0.789 bits per heavy atom. The minimum Gasteiger partial charge on any atom is -0.299 e. The van der Waals surface area contributed by atoms with Crippen molar-refractivity contribution in [3.05, 3.63) is 24.3 Å². The predicted molar refractivity (Wildman–Crippen MR) is 70.0 cm³/mol. The molecule has 4 aliphatic carbocycles. The molecule has 5 rings (SSSR count). The highest BCUT2D eigenvalue weighted by Gasteiger charge is 2.67. The second-order valence-corrected chi connectivity index (χ2v) is 9.14. The number of carbonyl (C=O) groups excluding carboxylic acids is 1. The molecule has 4 bridgehead atoms. The van der Waals surface area contributed by atoms with Gasteiger partial charge in [-0.3, -0.25) is 4.79 Å². The number of hydrogen-bond donors (Lipinski definition) is 0. The van der Waals surface area contributed by atoms with Crippen LogP contribution >= 0.6 is 0 Å². The molecular formula is C15H16O3S. The fourth-order valence-electron chi connectivity index (χ4n) is 5.60. The zero-order valence-corrected chi connectivity index (χ0v) is 11.3. The fraction of sp³-hybridized carbons (Fsp3) is 0.667. The lowest BCUT2D eigenvalue weighted by Gasteiger charge is -2.41. The Morgan fingerprint density at radius 2 is 1.21 bits per heavy atom. The highest BCUT2D eigenvalue weighted by Crippen LogP contribution is 2.59. The van der Waals surface area contributed by atoms with E-state index in [4.69, 9.17) is 0 Å². The van der Waals surface area contributed by atoms with Crippen molar-refractivity contribution in [2.24, 2.45) is 35.5 Å². The number of carbonyl (C=O) groups is 1. The van der Waals surface area contributed by atoms with E-state index in [9.17, 15) is 13.2 Å². The Labute approximate surface area is 112 Å². The van der Waals surface area contributed by atoms with Gasteiger partial charge in [-0.1, -0.05) is 24.3 Å². The summed E-state index contributed by atoms with van der Waals surface area (Å²) in [7, 11) is -3.16. The molecule has 3 nitrogen and oxygen atoms in total. The largest absolute Gasteiger partial charge is 0.299 e. The standard InChI is InChI=1S/C15H16O3S/c16-13-11-7-1-3-9(5-7)14(11)19(17,18)15-10-4-2-8(6-10)12(13)15/h1-4,7-12,14-15H,5-6H2/t7-,8+,9+,10-,11-,12+,14+,15-. The van der Waals surface area contributed by atoms with Crippen LogP contribution < -0.4 is 0 Å². The highest BCUT2D eigenvalue weighted by atomic mass is 32.2. The molecule has 100 valence electrons. The molecule has 0 aromatic carbocycles. The summed E-state index contributed by atoms with van der Waals surface area (Å²) in [4.78, 5) is 12.8. The van der Waals surface area contributed by atoms with Crippen molar-refractivity contribution in [2.45, 2.75) is 23.3 Å². The van der Waals surface area contributed by atoms with E-state index in [1.165, 1.54) is 0 Å². The van der Waals surface area contributed by atoms with Gasteiger partial charge in [-0.25, -0.2) is 8.42 Å². The van der Waals surface area contributed by atoms with Crippen LogP contribution in [0.15, 0.2) is 24.3 Å². The molecule has 5 aliphatic rings. The Morgan fingerprint density at radius 3 is 1.68 bits per heavy atom. The highest BCUT2D eigenvalue weighted by molar-refractivity contribution is 7.92. The first-order valence-electron chi connectivity index (χ1n) is 7.22. The molecule has 0 amide bonds. The molecule has 8 atom stereocenters. The molecule has 0 unspecified atom stereocenters. The summed E-state index contributed by atoms with van der Waals surface area (Å²) < 4.78 is 26.0. The van der Waals surface area contributed by atoms with Crippen molar-refractivity contribution in [1.29, 1.82) is 0 Å². The third kappa shape index (κ3) is 1.04. The van der Waals surface area contributed by atoms with Gasteiger partial charge in [0.25, 0.3) is 0 Å². The molecule has 1 saturated heterocycles. The molecule has 0 aromatic heterocycles. The number of hydrogen-bond acceptors (Lipinski definition) is 3. The van der Waals surface area contributed by atoms with Gasteiger partial charge in [-0.05, 0) is 36.5 Å². The normalized spacial score (nSPS) is 58.6. The van der Waals surface area contributed by atoms with E-state index in [0.29, 0.717) is 0 Å². The molecule has 0 N–H and O–H groups in total. The van der Waals surface area contributed by atoms with Gasteiger partial charge in [0.2, 0.25) is 0 Å². The number of ketones is 1. The average Bonchev–Trinajstić information content (AvgIpc) is 3.11. The summed E-state index contributed by atoms with van der Waals surface area (Å²) in [6, 6.07) is 0. The maximum Gasteiger partial charge on any atom is 0.158 e. The quantitative estimate of drug-likeness (QED) is 0.628. The van der Waals surface area contributed by atoms with E-state index < -0.39 is 20.3 Å². The van der Waals surface area contributed by atoms with Crippen LogP contribution in [0.5, 0.6) is 0 Å². The van der Waals surface area contributed by atoms with E-state index in [1.807, 2.05) is 12.2 Å². The van der Waals surface area contributed by atoms with Crippen LogP contribution in [0.3, 0.4) is 0 Å². The first-order valence-corrected chi connectivity index (χ1v) is 8.83. The van der Waals surface area contributed by atoms with Crippen LogP contribution in [0.2, 0.25) is 0 Å². The number of allylic oxidation sites excluding steroid dienone is 4. The van der Waals surface area contributed by atoms with Crippen LogP contribution in [0.4, 0.5) is 0 Å². The maximum atomic E-state index is 13.0. The molecule has 1 heterocycles. The van der Waals surface area contributed by atoms with Gasteiger partial charge in [0.15, 0.2) is 9.84 Å². The van der Waals surface area contributed by atoms with Crippen LogP contribution in [0, 0.1) is 35.5 Å².